The van der Waals surface area contributed by atoms with Crippen molar-refractivity contribution in [2.75, 3.05) is 0 Å². The molecule has 0 N–H and O–H groups in total. The summed E-state index contributed by atoms with van der Waals surface area (Å²) in [4.78, 5) is 8.13. The predicted molar refractivity (Wildman–Crippen MR) is 46.3 cm³/mol. The van der Waals surface area contributed by atoms with E-state index >= 15 is 0 Å². The number of rotatable bonds is 0. The third-order valence-corrected chi connectivity index (χ3v) is 1.63. The van der Waals surface area contributed by atoms with Gasteiger partial charge in [-0.2, -0.15) is 0 Å². The fourth-order valence-electron chi connectivity index (χ4n) is 1.03. The normalized spacial score (nSPS) is 10.5. The van der Waals surface area contributed by atoms with Crippen LogP contribution in [0.25, 0.3) is 11.0 Å². The molecule has 0 amide bonds. The van der Waals surface area contributed by atoms with Gasteiger partial charge in [-0.1, -0.05) is 12.1 Å². The zero-order valence-corrected chi connectivity index (χ0v) is 6.36. The van der Waals surface area contributed by atoms with Gasteiger partial charge in [0.05, 0.1) is 22.4 Å². The highest BCUT2D eigenvalue weighted by Gasteiger charge is 1.98. The minimum absolute atomic E-state index is 0.286. The highest BCUT2D eigenvalue weighted by molar-refractivity contribution is 5.74. The van der Waals surface area contributed by atoms with Gasteiger partial charge >= 0.3 is 0 Å². The molecule has 1 heterocycles. The van der Waals surface area contributed by atoms with Gasteiger partial charge in [-0.05, 0) is 12.1 Å². The lowest BCUT2D eigenvalue weighted by molar-refractivity contribution is 1.20. The largest absolute Gasteiger partial charge is 0.249 e. The molecule has 0 saturated carbocycles. The van der Waals surface area contributed by atoms with Gasteiger partial charge in [0.25, 0.3) is 0 Å². The number of hydrogen-bond donors (Lipinski definition) is 0. The maximum Gasteiger partial charge on any atom is 0.0890 e. The Kier molecular flexibility index (Phi) is 1.54. The van der Waals surface area contributed by atoms with Crippen LogP contribution in [0.15, 0.2) is 24.3 Å². The first-order valence-corrected chi connectivity index (χ1v) is 3.55. The Morgan fingerprint density at radius 3 is 1.67 bits per heavy atom. The number of para-hydroxylation sites is 2. The molecule has 1 aromatic carbocycles. The molecule has 0 fully saturated rings. The first-order chi connectivity index (χ1) is 5.77. The first-order valence-electron chi connectivity index (χ1n) is 3.55. The molecule has 4 radical (unpaired) electrons. The van der Waals surface area contributed by atoms with Crippen LogP contribution in [0.4, 0.5) is 0 Å². The number of fused-ring (bicyclic) bond motifs is 1. The van der Waals surface area contributed by atoms with E-state index in [9.17, 15) is 0 Å². The summed E-state index contributed by atoms with van der Waals surface area (Å²) in [6.07, 6.45) is 0. The van der Waals surface area contributed by atoms with Crippen LogP contribution in [-0.2, 0) is 0 Å². The molecular weight excluding hydrogens is 148 g/mol. The average molecular weight is 154 g/mol. The Balaban J connectivity index is 2.84. The lowest BCUT2D eigenvalue weighted by Crippen LogP contribution is -1.92. The number of nitrogens with zero attached hydrogens (tertiary/aromatic N) is 2. The molecule has 0 aliphatic rings. The SMILES string of the molecule is [CH]c1nc2ccccc2nc1[CH]. The van der Waals surface area contributed by atoms with Crippen LogP contribution in [0.3, 0.4) is 0 Å². The monoisotopic (exact) mass is 154 g/mol. The Hall–Kier alpha value is -1.44. The van der Waals surface area contributed by atoms with Gasteiger partial charge in [-0.15, -0.1) is 0 Å². The lowest BCUT2D eigenvalue weighted by atomic mass is 10.2. The maximum absolute atomic E-state index is 5.49. The maximum atomic E-state index is 5.49. The second-order valence-corrected chi connectivity index (χ2v) is 2.48. The topological polar surface area (TPSA) is 25.8 Å². The fourth-order valence-corrected chi connectivity index (χ4v) is 1.03. The Labute approximate surface area is 71.3 Å². The third-order valence-electron chi connectivity index (χ3n) is 1.63. The average Bonchev–Trinajstić information content (AvgIpc) is 2.07. The van der Waals surface area contributed by atoms with E-state index in [1.807, 2.05) is 24.3 Å². The molecule has 0 aliphatic carbocycles. The van der Waals surface area contributed by atoms with Crippen LogP contribution in [0.1, 0.15) is 11.4 Å². The molecule has 0 saturated heterocycles. The van der Waals surface area contributed by atoms with Gasteiger partial charge in [0.1, 0.15) is 0 Å². The Morgan fingerprint density at radius 1 is 0.833 bits per heavy atom. The third kappa shape index (κ3) is 1.05. The van der Waals surface area contributed by atoms with E-state index in [1.54, 1.807) is 0 Å². The van der Waals surface area contributed by atoms with Crippen molar-refractivity contribution in [3.63, 3.8) is 0 Å². The van der Waals surface area contributed by atoms with Crippen molar-refractivity contribution in [2.24, 2.45) is 0 Å². The quantitative estimate of drug-likeness (QED) is 0.577. The number of benzene rings is 1. The van der Waals surface area contributed by atoms with E-state index in [-0.39, 0.29) is 11.4 Å². The summed E-state index contributed by atoms with van der Waals surface area (Å²) in [6, 6.07) is 7.45. The van der Waals surface area contributed by atoms with E-state index in [2.05, 4.69) is 9.97 Å². The van der Waals surface area contributed by atoms with Crippen LogP contribution in [-0.4, -0.2) is 9.97 Å². The predicted octanol–water partition coefficient (Wildman–Crippen LogP) is 1.75. The summed E-state index contributed by atoms with van der Waals surface area (Å²) >= 11 is 0. The summed E-state index contributed by atoms with van der Waals surface area (Å²) in [7, 11) is 0. The highest BCUT2D eigenvalue weighted by atomic mass is 14.8. The molecule has 2 rings (SSSR count). The summed E-state index contributed by atoms with van der Waals surface area (Å²) < 4.78 is 0. The summed E-state index contributed by atoms with van der Waals surface area (Å²) in [5.74, 6) is 0. The van der Waals surface area contributed by atoms with E-state index < -0.39 is 0 Å². The molecule has 0 unspecified atom stereocenters. The molecule has 0 spiro atoms. The van der Waals surface area contributed by atoms with Crippen molar-refractivity contribution in [2.45, 2.75) is 0 Å². The molecule has 12 heavy (non-hydrogen) atoms. The molecule has 0 aliphatic heterocycles. The Bertz CT molecular complexity index is 381. The van der Waals surface area contributed by atoms with Gasteiger partial charge in [0.2, 0.25) is 0 Å². The smallest absolute Gasteiger partial charge is 0.0890 e. The Morgan fingerprint density at radius 2 is 1.25 bits per heavy atom. The van der Waals surface area contributed by atoms with Gasteiger partial charge in [0.15, 0.2) is 0 Å². The molecule has 1 aromatic heterocycles. The molecule has 2 aromatic rings. The second kappa shape index (κ2) is 2.55. The van der Waals surface area contributed by atoms with Gasteiger partial charge in [-0.3, -0.25) is 0 Å². The summed E-state index contributed by atoms with van der Waals surface area (Å²) in [5.41, 5.74) is 2.11. The van der Waals surface area contributed by atoms with Crippen LogP contribution in [0.2, 0.25) is 0 Å². The van der Waals surface area contributed by atoms with E-state index in [0.717, 1.165) is 11.0 Å². The zero-order chi connectivity index (χ0) is 8.55. The molecule has 2 heteroatoms. The number of aromatic nitrogens is 2. The van der Waals surface area contributed by atoms with Gasteiger partial charge in [0, 0.05) is 13.8 Å². The van der Waals surface area contributed by atoms with Crippen molar-refractivity contribution in [3.8, 4) is 0 Å². The number of hydrogen-bond acceptors (Lipinski definition) is 2. The zero-order valence-electron chi connectivity index (χ0n) is 6.36. The molecule has 0 atom stereocenters. The highest BCUT2D eigenvalue weighted by Crippen LogP contribution is 2.10. The van der Waals surface area contributed by atoms with Crippen LogP contribution in [0.5, 0.6) is 0 Å². The minimum Gasteiger partial charge on any atom is -0.249 e. The van der Waals surface area contributed by atoms with E-state index in [4.69, 9.17) is 13.8 Å². The van der Waals surface area contributed by atoms with E-state index in [0.29, 0.717) is 0 Å². The fraction of sp³-hybridized carbons (Fsp3) is 0. The van der Waals surface area contributed by atoms with E-state index in [1.165, 1.54) is 0 Å². The lowest BCUT2D eigenvalue weighted by Gasteiger charge is -1.99. The van der Waals surface area contributed by atoms with Crippen molar-refractivity contribution in [1.29, 1.82) is 0 Å². The molecule has 56 valence electrons. The first kappa shape index (κ1) is 7.22. The van der Waals surface area contributed by atoms with Crippen molar-refractivity contribution in [1.82, 2.24) is 9.97 Å². The van der Waals surface area contributed by atoms with Crippen LogP contribution >= 0.6 is 0 Å². The van der Waals surface area contributed by atoms with Crippen molar-refractivity contribution < 1.29 is 0 Å². The van der Waals surface area contributed by atoms with Crippen molar-refractivity contribution in [3.05, 3.63) is 49.5 Å². The van der Waals surface area contributed by atoms with Crippen molar-refractivity contribution >= 4 is 11.0 Å². The van der Waals surface area contributed by atoms with Gasteiger partial charge in [-0.25, -0.2) is 9.97 Å². The molecule has 0 bridgehead atoms. The summed E-state index contributed by atoms with van der Waals surface area (Å²) in [6.45, 7) is 11.0. The van der Waals surface area contributed by atoms with Crippen LogP contribution < -0.4 is 0 Å². The van der Waals surface area contributed by atoms with Crippen LogP contribution in [0, 0.1) is 13.8 Å². The minimum atomic E-state index is 0.286. The standard InChI is InChI=1S/C10H6N2/c1-7-8(2)12-10-6-4-3-5-9(10)11-7/h1-6H. The molecule has 2 nitrogen and oxygen atoms in total. The second-order valence-electron chi connectivity index (χ2n) is 2.48. The summed E-state index contributed by atoms with van der Waals surface area (Å²) in [5, 5.41) is 0. The van der Waals surface area contributed by atoms with Gasteiger partial charge < -0.3 is 0 Å². The molecular formula is C10H6N2.